The smallest absolute Gasteiger partial charge is 0.126 e. The summed E-state index contributed by atoms with van der Waals surface area (Å²) >= 11 is 0. The lowest BCUT2D eigenvalue weighted by Gasteiger charge is -2.16. The first kappa shape index (κ1) is 12.8. The van der Waals surface area contributed by atoms with Gasteiger partial charge in [0.15, 0.2) is 0 Å². The number of benzene rings is 2. The van der Waals surface area contributed by atoms with Gasteiger partial charge in [-0.3, -0.25) is 0 Å². The summed E-state index contributed by atoms with van der Waals surface area (Å²) in [6.45, 7) is 5.84. The minimum absolute atomic E-state index is 0.201. The molecule has 1 atom stereocenters. The first-order valence-electron chi connectivity index (χ1n) is 6.08. The third-order valence-corrected chi connectivity index (χ3v) is 3.32. The first-order chi connectivity index (χ1) is 8.49. The molecule has 1 nitrogen and oxygen atoms in total. The van der Waals surface area contributed by atoms with Crippen LogP contribution in [0.5, 0.6) is 0 Å². The summed E-state index contributed by atoms with van der Waals surface area (Å²) in [5, 5.41) is 0. The van der Waals surface area contributed by atoms with Gasteiger partial charge in [-0.15, -0.1) is 0 Å². The van der Waals surface area contributed by atoms with Crippen molar-refractivity contribution in [3.63, 3.8) is 0 Å². The lowest BCUT2D eigenvalue weighted by Crippen LogP contribution is -2.13. The van der Waals surface area contributed by atoms with Crippen LogP contribution in [0.1, 0.15) is 33.9 Å². The molecule has 0 fully saturated rings. The fraction of sp³-hybridized carbons (Fsp3) is 0.250. The number of hydrogen-bond donors (Lipinski definition) is 1. The van der Waals surface area contributed by atoms with Crippen LogP contribution in [0.4, 0.5) is 4.39 Å². The van der Waals surface area contributed by atoms with E-state index in [1.165, 1.54) is 11.6 Å². The molecule has 94 valence electrons. The molecule has 18 heavy (non-hydrogen) atoms. The van der Waals surface area contributed by atoms with E-state index in [0.29, 0.717) is 5.56 Å². The van der Waals surface area contributed by atoms with E-state index in [1.807, 2.05) is 32.0 Å². The van der Waals surface area contributed by atoms with Crippen LogP contribution in [0.15, 0.2) is 36.4 Å². The number of aryl methyl sites for hydroxylation is 3. The maximum absolute atomic E-state index is 13.6. The average Bonchev–Trinajstić information content (AvgIpc) is 2.32. The Morgan fingerprint density at radius 1 is 0.944 bits per heavy atom. The van der Waals surface area contributed by atoms with Crippen LogP contribution in [0.25, 0.3) is 0 Å². The molecule has 0 radical (unpaired) electrons. The minimum atomic E-state index is -0.277. The molecule has 0 amide bonds. The fourth-order valence-corrected chi connectivity index (χ4v) is 2.16. The minimum Gasteiger partial charge on any atom is -0.320 e. The Hall–Kier alpha value is -1.67. The Bertz CT molecular complexity index is 575. The molecule has 0 saturated heterocycles. The van der Waals surface area contributed by atoms with Crippen molar-refractivity contribution in [3.05, 3.63) is 70.0 Å². The van der Waals surface area contributed by atoms with Crippen molar-refractivity contribution < 1.29 is 4.39 Å². The molecule has 1 unspecified atom stereocenters. The van der Waals surface area contributed by atoms with Gasteiger partial charge >= 0.3 is 0 Å². The van der Waals surface area contributed by atoms with Gasteiger partial charge in [0.1, 0.15) is 5.82 Å². The normalized spacial score (nSPS) is 12.5. The molecule has 0 aromatic heterocycles. The number of halogens is 1. The lowest BCUT2D eigenvalue weighted by atomic mass is 9.94. The molecular formula is C16H18FN. The monoisotopic (exact) mass is 243 g/mol. The highest BCUT2D eigenvalue weighted by atomic mass is 19.1. The Morgan fingerprint density at radius 3 is 2.28 bits per heavy atom. The molecule has 2 heteroatoms. The zero-order valence-electron chi connectivity index (χ0n) is 11.0. The van der Waals surface area contributed by atoms with Gasteiger partial charge in [0.25, 0.3) is 0 Å². The number of nitrogens with two attached hydrogens (primary N) is 1. The zero-order chi connectivity index (χ0) is 13.3. The van der Waals surface area contributed by atoms with Gasteiger partial charge in [-0.1, -0.05) is 35.9 Å². The van der Waals surface area contributed by atoms with E-state index in [-0.39, 0.29) is 11.9 Å². The van der Waals surface area contributed by atoms with Crippen molar-refractivity contribution in [2.75, 3.05) is 0 Å². The van der Waals surface area contributed by atoms with E-state index < -0.39 is 0 Å². The molecular weight excluding hydrogens is 225 g/mol. The first-order valence-corrected chi connectivity index (χ1v) is 6.08. The van der Waals surface area contributed by atoms with Gasteiger partial charge in [-0.25, -0.2) is 4.39 Å². The Labute approximate surface area is 107 Å². The average molecular weight is 243 g/mol. The summed E-state index contributed by atoms with van der Waals surface area (Å²) in [6, 6.07) is 11.1. The van der Waals surface area contributed by atoms with Crippen LogP contribution in [0.2, 0.25) is 0 Å². The van der Waals surface area contributed by atoms with Crippen molar-refractivity contribution in [1.82, 2.24) is 0 Å². The summed E-state index contributed by atoms with van der Waals surface area (Å²) < 4.78 is 13.6. The third kappa shape index (κ3) is 2.44. The second kappa shape index (κ2) is 4.91. The number of hydrogen-bond acceptors (Lipinski definition) is 1. The molecule has 0 aliphatic heterocycles. The van der Waals surface area contributed by atoms with Crippen LogP contribution in [-0.2, 0) is 0 Å². The highest BCUT2D eigenvalue weighted by Crippen LogP contribution is 2.24. The van der Waals surface area contributed by atoms with Crippen molar-refractivity contribution in [2.24, 2.45) is 5.73 Å². The summed E-state index contributed by atoms with van der Waals surface area (Å²) in [6.07, 6.45) is 0. The fourth-order valence-electron chi connectivity index (χ4n) is 2.16. The molecule has 2 aromatic rings. The van der Waals surface area contributed by atoms with E-state index >= 15 is 0 Å². The van der Waals surface area contributed by atoms with E-state index in [2.05, 4.69) is 6.07 Å². The zero-order valence-corrected chi connectivity index (χ0v) is 11.0. The van der Waals surface area contributed by atoms with E-state index in [1.54, 1.807) is 13.0 Å². The van der Waals surface area contributed by atoms with Gasteiger partial charge in [0.05, 0.1) is 6.04 Å². The van der Waals surface area contributed by atoms with Gasteiger partial charge in [-0.2, -0.15) is 0 Å². The predicted molar refractivity (Wildman–Crippen MR) is 73.1 cm³/mol. The molecule has 0 aliphatic carbocycles. The van der Waals surface area contributed by atoms with E-state index in [0.717, 1.165) is 16.7 Å². The number of rotatable bonds is 2. The van der Waals surface area contributed by atoms with Gasteiger partial charge in [0.2, 0.25) is 0 Å². The second-order valence-electron chi connectivity index (χ2n) is 4.85. The second-order valence-corrected chi connectivity index (χ2v) is 4.85. The summed E-state index contributed by atoms with van der Waals surface area (Å²) in [4.78, 5) is 0. The summed E-state index contributed by atoms with van der Waals surface area (Å²) in [5.41, 5.74) is 11.1. The largest absolute Gasteiger partial charge is 0.320 e. The summed E-state index contributed by atoms with van der Waals surface area (Å²) in [7, 11) is 0. The Kier molecular flexibility index (Phi) is 3.48. The molecule has 2 N–H and O–H groups in total. The van der Waals surface area contributed by atoms with Crippen molar-refractivity contribution >= 4 is 0 Å². The SMILES string of the molecule is Cc1ccc(C(N)c2ccc(C)c(F)c2)c(C)c1. The Morgan fingerprint density at radius 2 is 1.67 bits per heavy atom. The highest BCUT2D eigenvalue weighted by Gasteiger charge is 2.12. The highest BCUT2D eigenvalue weighted by molar-refractivity contribution is 5.39. The van der Waals surface area contributed by atoms with Gasteiger partial charge in [0, 0.05) is 0 Å². The maximum atomic E-state index is 13.6. The third-order valence-electron chi connectivity index (χ3n) is 3.32. The lowest BCUT2D eigenvalue weighted by molar-refractivity contribution is 0.614. The van der Waals surface area contributed by atoms with Crippen molar-refractivity contribution in [3.8, 4) is 0 Å². The molecule has 0 saturated carbocycles. The standard InChI is InChI=1S/C16H18FN/c1-10-4-7-14(12(3)8-10)16(18)13-6-5-11(2)15(17)9-13/h4-9,16H,18H2,1-3H3. The molecule has 0 bridgehead atoms. The summed E-state index contributed by atoms with van der Waals surface area (Å²) in [5.74, 6) is -0.201. The topological polar surface area (TPSA) is 26.0 Å². The van der Waals surface area contributed by atoms with E-state index in [9.17, 15) is 4.39 Å². The van der Waals surface area contributed by atoms with Crippen molar-refractivity contribution in [2.45, 2.75) is 26.8 Å². The maximum Gasteiger partial charge on any atom is 0.126 e. The van der Waals surface area contributed by atoms with E-state index in [4.69, 9.17) is 5.73 Å². The molecule has 0 aliphatic rings. The molecule has 2 aromatic carbocycles. The molecule has 0 heterocycles. The van der Waals surface area contributed by atoms with Crippen molar-refractivity contribution in [1.29, 1.82) is 0 Å². The Balaban J connectivity index is 2.41. The van der Waals surface area contributed by atoms with Gasteiger partial charge < -0.3 is 5.73 Å². The molecule has 0 spiro atoms. The quantitative estimate of drug-likeness (QED) is 0.853. The van der Waals surface area contributed by atoms with Gasteiger partial charge in [-0.05, 0) is 49.1 Å². The van der Waals surface area contributed by atoms with Crippen LogP contribution in [-0.4, -0.2) is 0 Å². The van der Waals surface area contributed by atoms with Crippen LogP contribution < -0.4 is 5.73 Å². The van der Waals surface area contributed by atoms with Crippen LogP contribution in [0, 0.1) is 26.6 Å². The van der Waals surface area contributed by atoms with Crippen LogP contribution >= 0.6 is 0 Å². The predicted octanol–water partition coefficient (Wildman–Crippen LogP) is 3.80. The molecule has 2 rings (SSSR count). The van der Waals surface area contributed by atoms with Crippen LogP contribution in [0.3, 0.4) is 0 Å².